The highest BCUT2D eigenvalue weighted by Gasteiger charge is 2.15. The van der Waals surface area contributed by atoms with Gasteiger partial charge in [-0.1, -0.05) is 23.9 Å². The van der Waals surface area contributed by atoms with Gasteiger partial charge in [0.25, 0.3) is 5.56 Å². The van der Waals surface area contributed by atoms with Gasteiger partial charge in [-0.15, -0.1) is 6.58 Å². The third-order valence-electron chi connectivity index (χ3n) is 3.38. The van der Waals surface area contributed by atoms with Gasteiger partial charge in [0, 0.05) is 17.7 Å². The second kappa shape index (κ2) is 6.27. The van der Waals surface area contributed by atoms with E-state index in [2.05, 4.69) is 16.5 Å². The van der Waals surface area contributed by atoms with E-state index in [1.54, 1.807) is 13.0 Å². The number of nitrogens with zero attached hydrogens (tertiary/aromatic N) is 1. The molecule has 6 heteroatoms. The molecule has 1 aromatic carbocycles. The van der Waals surface area contributed by atoms with Crippen LogP contribution in [0.25, 0.3) is 0 Å². The fraction of sp³-hybridized carbons (Fsp3) is 0.250. The molecule has 0 atom stereocenters. The molecule has 1 aliphatic rings. The first-order valence-electron chi connectivity index (χ1n) is 6.89. The Bertz CT molecular complexity index is 770. The smallest absolute Gasteiger partial charge is 0.254 e. The van der Waals surface area contributed by atoms with Crippen molar-refractivity contribution in [2.24, 2.45) is 0 Å². The van der Waals surface area contributed by atoms with E-state index >= 15 is 0 Å². The predicted octanol–water partition coefficient (Wildman–Crippen LogP) is 2.68. The van der Waals surface area contributed by atoms with E-state index in [1.807, 2.05) is 18.2 Å². The van der Waals surface area contributed by atoms with E-state index in [1.165, 1.54) is 11.8 Å². The predicted molar refractivity (Wildman–Crippen MR) is 85.9 cm³/mol. The van der Waals surface area contributed by atoms with Gasteiger partial charge in [0.05, 0.1) is 5.69 Å². The van der Waals surface area contributed by atoms with Crippen LogP contribution in [0.4, 0.5) is 0 Å². The van der Waals surface area contributed by atoms with Crippen LogP contribution in [0.1, 0.15) is 16.8 Å². The Labute approximate surface area is 132 Å². The maximum absolute atomic E-state index is 12.0. The van der Waals surface area contributed by atoms with Crippen molar-refractivity contribution in [3.05, 3.63) is 58.0 Å². The number of thioether (sulfide) groups is 1. The van der Waals surface area contributed by atoms with Crippen LogP contribution in [-0.4, -0.2) is 22.5 Å². The van der Waals surface area contributed by atoms with Crippen molar-refractivity contribution in [1.82, 2.24) is 9.97 Å². The molecule has 0 spiro atoms. The number of hydrogen-bond donors (Lipinski definition) is 1. The lowest BCUT2D eigenvalue weighted by molar-refractivity contribution is 0.174. The summed E-state index contributed by atoms with van der Waals surface area (Å²) in [6.45, 7) is 5.71. The number of benzene rings is 1. The van der Waals surface area contributed by atoms with Crippen molar-refractivity contribution >= 4 is 11.8 Å². The SMILES string of the molecule is C=CCSc1nc(Cc2ccc3c(c2)OCO3)c(C)c(=O)[nH]1. The molecule has 0 radical (unpaired) electrons. The molecule has 1 aliphatic heterocycles. The largest absolute Gasteiger partial charge is 0.454 e. The van der Waals surface area contributed by atoms with Gasteiger partial charge in [0.1, 0.15) is 0 Å². The van der Waals surface area contributed by atoms with Crippen LogP contribution in [0, 0.1) is 6.92 Å². The van der Waals surface area contributed by atoms with E-state index in [0.717, 1.165) is 22.8 Å². The van der Waals surface area contributed by atoms with Gasteiger partial charge < -0.3 is 14.5 Å². The van der Waals surface area contributed by atoms with Crippen molar-refractivity contribution in [3.8, 4) is 11.5 Å². The highest BCUT2D eigenvalue weighted by molar-refractivity contribution is 7.99. The Morgan fingerprint density at radius 1 is 1.41 bits per heavy atom. The Morgan fingerprint density at radius 3 is 3.05 bits per heavy atom. The van der Waals surface area contributed by atoms with Crippen LogP contribution in [-0.2, 0) is 6.42 Å². The van der Waals surface area contributed by atoms with Gasteiger partial charge in [-0.05, 0) is 24.6 Å². The minimum absolute atomic E-state index is 0.0997. The summed E-state index contributed by atoms with van der Waals surface area (Å²) < 4.78 is 10.7. The number of aromatic nitrogens is 2. The van der Waals surface area contributed by atoms with Crippen LogP contribution in [0.5, 0.6) is 11.5 Å². The first-order chi connectivity index (χ1) is 10.7. The van der Waals surface area contributed by atoms with Crippen molar-refractivity contribution in [1.29, 1.82) is 0 Å². The number of hydrogen-bond acceptors (Lipinski definition) is 5. The van der Waals surface area contributed by atoms with E-state index in [-0.39, 0.29) is 12.4 Å². The molecule has 0 amide bonds. The van der Waals surface area contributed by atoms with E-state index in [0.29, 0.717) is 22.9 Å². The maximum atomic E-state index is 12.0. The fourth-order valence-electron chi connectivity index (χ4n) is 2.18. The number of aromatic amines is 1. The second-order valence-corrected chi connectivity index (χ2v) is 5.92. The lowest BCUT2D eigenvalue weighted by atomic mass is 10.1. The molecule has 5 nitrogen and oxygen atoms in total. The Hall–Kier alpha value is -2.21. The molecule has 0 fully saturated rings. The zero-order valence-corrected chi connectivity index (χ0v) is 13.0. The molecular weight excluding hydrogens is 300 g/mol. The molecule has 0 unspecified atom stereocenters. The molecule has 3 rings (SSSR count). The van der Waals surface area contributed by atoms with Crippen molar-refractivity contribution in [2.75, 3.05) is 12.5 Å². The molecule has 0 saturated heterocycles. The molecule has 0 aliphatic carbocycles. The fourth-order valence-corrected chi connectivity index (χ4v) is 2.79. The standard InChI is InChI=1S/C16H16N2O3S/c1-3-6-22-16-17-12(10(2)15(19)18-16)7-11-4-5-13-14(8-11)21-9-20-13/h3-5,8H,1,6-7,9H2,2H3,(H,17,18,19). The topological polar surface area (TPSA) is 64.2 Å². The normalized spacial score (nSPS) is 12.4. The zero-order chi connectivity index (χ0) is 15.5. The van der Waals surface area contributed by atoms with Gasteiger partial charge in [-0.25, -0.2) is 4.98 Å². The summed E-state index contributed by atoms with van der Waals surface area (Å²) in [5.41, 5.74) is 2.34. The van der Waals surface area contributed by atoms with Crippen molar-refractivity contribution in [2.45, 2.75) is 18.5 Å². The van der Waals surface area contributed by atoms with Gasteiger partial charge in [-0.3, -0.25) is 4.79 Å². The molecule has 2 heterocycles. The highest BCUT2D eigenvalue weighted by Crippen LogP contribution is 2.33. The Kier molecular flexibility index (Phi) is 4.20. The number of rotatable bonds is 5. The van der Waals surface area contributed by atoms with Crippen molar-refractivity contribution < 1.29 is 9.47 Å². The molecule has 1 N–H and O–H groups in total. The molecule has 1 aromatic heterocycles. The summed E-state index contributed by atoms with van der Waals surface area (Å²) >= 11 is 1.46. The minimum atomic E-state index is -0.0997. The molecule has 22 heavy (non-hydrogen) atoms. The van der Waals surface area contributed by atoms with E-state index < -0.39 is 0 Å². The van der Waals surface area contributed by atoms with E-state index in [9.17, 15) is 4.79 Å². The number of nitrogens with one attached hydrogen (secondary N) is 1. The Balaban J connectivity index is 1.89. The summed E-state index contributed by atoms with van der Waals surface area (Å²) in [6.07, 6.45) is 2.36. The first-order valence-corrected chi connectivity index (χ1v) is 7.88. The molecule has 2 aromatic rings. The summed E-state index contributed by atoms with van der Waals surface area (Å²) in [6, 6.07) is 5.78. The average Bonchev–Trinajstić information content (AvgIpc) is 2.97. The summed E-state index contributed by atoms with van der Waals surface area (Å²) in [5.74, 6) is 2.19. The summed E-state index contributed by atoms with van der Waals surface area (Å²) in [5, 5.41) is 0.617. The third-order valence-corrected chi connectivity index (χ3v) is 4.25. The zero-order valence-electron chi connectivity index (χ0n) is 12.2. The monoisotopic (exact) mass is 316 g/mol. The van der Waals surface area contributed by atoms with Crippen LogP contribution in [0.15, 0.2) is 40.8 Å². The van der Waals surface area contributed by atoms with Crippen LogP contribution in [0.3, 0.4) is 0 Å². The van der Waals surface area contributed by atoms with Crippen molar-refractivity contribution in [3.63, 3.8) is 0 Å². The summed E-state index contributed by atoms with van der Waals surface area (Å²) in [7, 11) is 0. The second-order valence-electron chi connectivity index (χ2n) is 4.91. The first kappa shape index (κ1) is 14.7. The molecular formula is C16H16N2O3S. The number of ether oxygens (including phenoxy) is 2. The van der Waals surface area contributed by atoms with Crippen LogP contribution < -0.4 is 15.0 Å². The van der Waals surface area contributed by atoms with Gasteiger partial charge >= 0.3 is 0 Å². The molecule has 0 saturated carbocycles. The van der Waals surface area contributed by atoms with Gasteiger partial charge in [-0.2, -0.15) is 0 Å². The third kappa shape index (κ3) is 3.01. The van der Waals surface area contributed by atoms with Crippen LogP contribution >= 0.6 is 11.8 Å². The maximum Gasteiger partial charge on any atom is 0.254 e. The quantitative estimate of drug-likeness (QED) is 0.522. The average molecular weight is 316 g/mol. The molecule has 0 bridgehead atoms. The summed E-state index contributed by atoms with van der Waals surface area (Å²) in [4.78, 5) is 19.4. The minimum Gasteiger partial charge on any atom is -0.454 e. The van der Waals surface area contributed by atoms with E-state index in [4.69, 9.17) is 9.47 Å². The van der Waals surface area contributed by atoms with Crippen LogP contribution in [0.2, 0.25) is 0 Å². The molecule has 114 valence electrons. The van der Waals surface area contributed by atoms with Gasteiger partial charge in [0.2, 0.25) is 6.79 Å². The lowest BCUT2D eigenvalue weighted by Gasteiger charge is -2.07. The highest BCUT2D eigenvalue weighted by atomic mass is 32.2. The Morgan fingerprint density at radius 2 is 2.23 bits per heavy atom. The number of H-pyrrole nitrogens is 1. The number of fused-ring (bicyclic) bond motifs is 1. The lowest BCUT2D eigenvalue weighted by Crippen LogP contribution is -2.16. The van der Waals surface area contributed by atoms with Gasteiger partial charge in [0.15, 0.2) is 16.7 Å².